The maximum absolute atomic E-state index is 5.47. The summed E-state index contributed by atoms with van der Waals surface area (Å²) in [7, 11) is 0. The molecule has 0 bridgehead atoms. The van der Waals surface area contributed by atoms with Gasteiger partial charge in [-0.2, -0.15) is 0 Å². The van der Waals surface area contributed by atoms with Crippen LogP contribution in [0.4, 0.5) is 0 Å². The third-order valence-corrected chi connectivity index (χ3v) is 5.20. The third-order valence-electron chi connectivity index (χ3n) is 5.20. The second kappa shape index (κ2) is 28.1. The fourth-order valence-corrected chi connectivity index (χ4v) is 3.32. The van der Waals surface area contributed by atoms with Gasteiger partial charge in [-0.15, -0.1) is 0 Å². The van der Waals surface area contributed by atoms with Crippen molar-refractivity contribution in [2.24, 2.45) is 17.2 Å². The zero-order valence-electron chi connectivity index (χ0n) is 19.2. The molecule has 0 spiro atoms. The summed E-state index contributed by atoms with van der Waals surface area (Å²) < 4.78 is 0. The van der Waals surface area contributed by atoms with Crippen LogP contribution in [0.2, 0.25) is 0 Å². The van der Waals surface area contributed by atoms with E-state index >= 15 is 0 Å². The van der Waals surface area contributed by atoms with Crippen molar-refractivity contribution in [3.63, 3.8) is 0 Å². The summed E-state index contributed by atoms with van der Waals surface area (Å²) in [6, 6.07) is 0. The molecule has 0 aliphatic heterocycles. The van der Waals surface area contributed by atoms with E-state index in [1.807, 2.05) is 0 Å². The van der Waals surface area contributed by atoms with Crippen LogP contribution in [0.25, 0.3) is 0 Å². The van der Waals surface area contributed by atoms with Crippen molar-refractivity contribution in [2.45, 2.75) is 148 Å². The Kier molecular flexibility index (Phi) is 30.3. The minimum atomic E-state index is -0.0976. The van der Waals surface area contributed by atoms with Gasteiger partial charge in [0, 0.05) is 0 Å². The molecule has 0 aromatic heterocycles. The summed E-state index contributed by atoms with van der Waals surface area (Å²) in [5, 5.41) is 0. The minimum absolute atomic E-state index is 0.0976. The van der Waals surface area contributed by atoms with E-state index in [0.29, 0.717) is 0 Å². The minimum Gasteiger partial charge on any atom is -0.330 e. The van der Waals surface area contributed by atoms with Crippen molar-refractivity contribution < 1.29 is 0 Å². The molecule has 0 heterocycles. The zero-order chi connectivity index (χ0) is 20.4. The standard InChI is InChI=1S/C12H28N2.C12H27N/c1-2-3-4-5-6-7-8-9-10-11-12(13)14;1-2-3-4-5-6-7-8-9-10-11-12-13/h12H,2-11,13-14H2,1H3;2-13H2,1H3. The van der Waals surface area contributed by atoms with Crippen LogP contribution in [0, 0.1) is 0 Å². The summed E-state index contributed by atoms with van der Waals surface area (Å²) in [4.78, 5) is 0. The quantitative estimate of drug-likeness (QED) is 0.156. The molecular weight excluding hydrogens is 330 g/mol. The van der Waals surface area contributed by atoms with Gasteiger partial charge in [0.25, 0.3) is 0 Å². The number of hydrogen-bond donors (Lipinski definition) is 3. The molecule has 0 unspecified atom stereocenters. The summed E-state index contributed by atoms with van der Waals surface area (Å²) >= 11 is 0. The SMILES string of the molecule is CCCCCCCCCCCC(N)N.CCCCCCCCCCCCN. The first kappa shape index (κ1) is 29.1. The fourth-order valence-electron chi connectivity index (χ4n) is 3.32. The van der Waals surface area contributed by atoms with Crippen molar-refractivity contribution in [3.05, 3.63) is 0 Å². The predicted octanol–water partition coefficient (Wildman–Crippen LogP) is 7.02. The molecule has 0 aromatic rings. The normalized spacial score (nSPS) is 10.9. The van der Waals surface area contributed by atoms with Crippen LogP contribution in [0.15, 0.2) is 0 Å². The first-order chi connectivity index (χ1) is 13.2. The highest BCUT2D eigenvalue weighted by atomic mass is 14.8. The highest BCUT2D eigenvalue weighted by Crippen LogP contribution is 2.11. The first-order valence-electron chi connectivity index (χ1n) is 12.4. The van der Waals surface area contributed by atoms with Gasteiger partial charge in [0.15, 0.2) is 0 Å². The number of rotatable bonds is 20. The Labute approximate surface area is 172 Å². The molecule has 3 heteroatoms. The lowest BCUT2D eigenvalue weighted by molar-refractivity contribution is 0.530. The topological polar surface area (TPSA) is 78.1 Å². The van der Waals surface area contributed by atoms with E-state index in [-0.39, 0.29) is 6.17 Å². The van der Waals surface area contributed by atoms with Gasteiger partial charge in [-0.05, 0) is 19.4 Å². The van der Waals surface area contributed by atoms with Gasteiger partial charge < -0.3 is 17.2 Å². The number of hydrogen-bond acceptors (Lipinski definition) is 3. The first-order valence-corrected chi connectivity index (χ1v) is 12.4. The Balaban J connectivity index is 0. The molecule has 0 amide bonds. The van der Waals surface area contributed by atoms with E-state index in [2.05, 4.69) is 13.8 Å². The lowest BCUT2D eigenvalue weighted by Gasteiger charge is -2.04. The Morgan fingerprint density at radius 2 is 0.741 bits per heavy atom. The highest BCUT2D eigenvalue weighted by molar-refractivity contribution is 4.52. The molecule has 166 valence electrons. The van der Waals surface area contributed by atoms with Crippen LogP contribution < -0.4 is 17.2 Å². The van der Waals surface area contributed by atoms with Gasteiger partial charge in [-0.3, -0.25) is 0 Å². The van der Waals surface area contributed by atoms with Crippen LogP contribution in [0.1, 0.15) is 142 Å². The van der Waals surface area contributed by atoms with Crippen LogP contribution in [-0.4, -0.2) is 12.7 Å². The smallest absolute Gasteiger partial charge is 0.0520 e. The van der Waals surface area contributed by atoms with Crippen LogP contribution in [-0.2, 0) is 0 Å². The van der Waals surface area contributed by atoms with Gasteiger partial charge in [0.1, 0.15) is 0 Å². The summed E-state index contributed by atoms with van der Waals surface area (Å²) in [6.07, 6.45) is 27.1. The zero-order valence-corrected chi connectivity index (χ0v) is 19.2. The van der Waals surface area contributed by atoms with Gasteiger partial charge in [0.2, 0.25) is 0 Å². The second-order valence-electron chi connectivity index (χ2n) is 8.25. The van der Waals surface area contributed by atoms with E-state index in [1.165, 1.54) is 122 Å². The Morgan fingerprint density at radius 3 is 1.04 bits per heavy atom. The van der Waals surface area contributed by atoms with E-state index in [4.69, 9.17) is 17.2 Å². The third kappa shape index (κ3) is 33.9. The molecule has 0 rings (SSSR count). The van der Waals surface area contributed by atoms with E-state index in [9.17, 15) is 0 Å². The average Bonchev–Trinajstić information content (AvgIpc) is 2.66. The Bertz CT molecular complexity index is 222. The van der Waals surface area contributed by atoms with E-state index < -0.39 is 0 Å². The molecule has 0 atom stereocenters. The fraction of sp³-hybridized carbons (Fsp3) is 1.00. The second-order valence-corrected chi connectivity index (χ2v) is 8.25. The van der Waals surface area contributed by atoms with Crippen LogP contribution in [0.3, 0.4) is 0 Å². The molecular formula is C24H55N3. The number of nitrogens with two attached hydrogens (primary N) is 3. The van der Waals surface area contributed by atoms with Gasteiger partial charge in [-0.25, -0.2) is 0 Å². The average molecular weight is 386 g/mol. The van der Waals surface area contributed by atoms with Crippen molar-refractivity contribution in [2.75, 3.05) is 6.54 Å². The number of unbranched alkanes of at least 4 members (excludes halogenated alkanes) is 17. The van der Waals surface area contributed by atoms with Gasteiger partial charge in [-0.1, -0.05) is 129 Å². The van der Waals surface area contributed by atoms with Gasteiger partial charge >= 0.3 is 0 Å². The molecule has 0 saturated carbocycles. The van der Waals surface area contributed by atoms with Crippen molar-refractivity contribution >= 4 is 0 Å². The molecule has 27 heavy (non-hydrogen) atoms. The summed E-state index contributed by atoms with van der Waals surface area (Å²) in [6.45, 7) is 5.40. The predicted molar refractivity (Wildman–Crippen MR) is 125 cm³/mol. The van der Waals surface area contributed by atoms with Crippen molar-refractivity contribution in [1.82, 2.24) is 0 Å². The molecule has 6 N–H and O–H groups in total. The lowest BCUT2D eigenvalue weighted by Crippen LogP contribution is -2.29. The van der Waals surface area contributed by atoms with Crippen molar-refractivity contribution in [1.29, 1.82) is 0 Å². The molecule has 0 aliphatic rings. The van der Waals surface area contributed by atoms with E-state index in [0.717, 1.165) is 13.0 Å². The van der Waals surface area contributed by atoms with Crippen LogP contribution >= 0.6 is 0 Å². The van der Waals surface area contributed by atoms with E-state index in [1.54, 1.807) is 0 Å². The highest BCUT2D eigenvalue weighted by Gasteiger charge is 1.95. The molecule has 0 radical (unpaired) electrons. The molecule has 0 fully saturated rings. The van der Waals surface area contributed by atoms with Crippen LogP contribution in [0.5, 0.6) is 0 Å². The Morgan fingerprint density at radius 1 is 0.444 bits per heavy atom. The molecule has 0 aromatic carbocycles. The summed E-state index contributed by atoms with van der Waals surface area (Å²) in [5.41, 5.74) is 16.4. The van der Waals surface area contributed by atoms with Crippen molar-refractivity contribution in [3.8, 4) is 0 Å². The maximum atomic E-state index is 5.47. The largest absolute Gasteiger partial charge is 0.330 e. The molecule has 0 aliphatic carbocycles. The molecule has 3 nitrogen and oxygen atoms in total. The van der Waals surface area contributed by atoms with Gasteiger partial charge in [0.05, 0.1) is 6.17 Å². The molecule has 0 saturated heterocycles. The lowest BCUT2D eigenvalue weighted by atomic mass is 10.1. The monoisotopic (exact) mass is 385 g/mol. The Hall–Kier alpha value is -0.120. The maximum Gasteiger partial charge on any atom is 0.0520 e. The summed E-state index contributed by atoms with van der Waals surface area (Å²) in [5.74, 6) is 0.